The monoisotopic (exact) mass is 295 g/mol. The molecule has 0 bridgehead atoms. The molecular weight excluding hydrogens is 281 g/mol. The highest BCUT2D eigenvalue weighted by molar-refractivity contribution is 7.89. The van der Waals surface area contributed by atoms with E-state index in [9.17, 15) is 12.8 Å². The molecule has 0 unspecified atom stereocenters. The zero-order valence-corrected chi connectivity index (χ0v) is 11.9. The van der Waals surface area contributed by atoms with Gasteiger partial charge in [0.05, 0.1) is 12.1 Å². The Morgan fingerprint density at radius 2 is 2.00 bits per heavy atom. The summed E-state index contributed by atoms with van der Waals surface area (Å²) in [5.41, 5.74) is -1.02. The third-order valence-corrected chi connectivity index (χ3v) is 5.11. The second-order valence-corrected chi connectivity index (χ2v) is 6.89. The second kappa shape index (κ2) is 5.13. The van der Waals surface area contributed by atoms with Crippen molar-refractivity contribution < 1.29 is 17.9 Å². The van der Waals surface area contributed by atoms with Gasteiger partial charge in [0.1, 0.15) is 10.7 Å². The molecule has 0 amide bonds. The fourth-order valence-corrected chi connectivity index (χ4v) is 2.96. The van der Waals surface area contributed by atoms with Crippen LogP contribution in [0.5, 0.6) is 0 Å². The van der Waals surface area contributed by atoms with Crippen molar-refractivity contribution in [3.8, 4) is 0 Å². The Balaban J connectivity index is 3.30. The van der Waals surface area contributed by atoms with E-state index in [1.54, 1.807) is 13.8 Å². The normalized spacial score (nSPS) is 13.1. The molecule has 1 aromatic rings. The van der Waals surface area contributed by atoms with Crippen molar-refractivity contribution in [2.24, 2.45) is 0 Å². The lowest BCUT2D eigenvalue weighted by Crippen LogP contribution is -2.47. The van der Waals surface area contributed by atoms with Gasteiger partial charge in [-0.25, -0.2) is 12.8 Å². The van der Waals surface area contributed by atoms with E-state index in [0.29, 0.717) is 0 Å². The largest absolute Gasteiger partial charge is 0.394 e. The van der Waals surface area contributed by atoms with Gasteiger partial charge in [-0.15, -0.1) is 0 Å². The van der Waals surface area contributed by atoms with Crippen LogP contribution >= 0.6 is 11.6 Å². The van der Waals surface area contributed by atoms with Gasteiger partial charge >= 0.3 is 0 Å². The standard InChI is InChI=1S/C11H15ClFNO3S/c1-11(2,7-15)14(3)18(16,17)10-5-4-8(12)6-9(10)13/h4-6,15H,7H2,1-3H3. The molecule has 102 valence electrons. The number of aliphatic hydroxyl groups excluding tert-OH is 1. The lowest BCUT2D eigenvalue weighted by molar-refractivity contribution is 0.137. The number of rotatable bonds is 4. The number of nitrogens with zero attached hydrogens (tertiary/aromatic N) is 1. The first-order chi connectivity index (χ1) is 8.13. The second-order valence-electron chi connectivity index (χ2n) is 4.52. The van der Waals surface area contributed by atoms with Gasteiger partial charge in [-0.1, -0.05) is 11.6 Å². The van der Waals surface area contributed by atoms with Crippen LogP contribution in [0, 0.1) is 5.82 Å². The lowest BCUT2D eigenvalue weighted by Gasteiger charge is -2.32. The maximum absolute atomic E-state index is 13.6. The lowest BCUT2D eigenvalue weighted by atomic mass is 10.1. The Hall–Kier alpha value is -0.690. The number of sulfonamides is 1. The van der Waals surface area contributed by atoms with Crippen LogP contribution in [-0.2, 0) is 10.0 Å². The van der Waals surface area contributed by atoms with Crippen molar-refractivity contribution in [2.75, 3.05) is 13.7 Å². The number of likely N-dealkylation sites (N-methyl/N-ethyl adjacent to an activating group) is 1. The molecule has 0 radical (unpaired) electrons. The summed E-state index contributed by atoms with van der Waals surface area (Å²) in [6, 6.07) is 3.35. The number of halogens is 2. The van der Waals surface area contributed by atoms with Crippen molar-refractivity contribution >= 4 is 21.6 Å². The third-order valence-electron chi connectivity index (χ3n) is 2.77. The maximum atomic E-state index is 13.6. The summed E-state index contributed by atoms with van der Waals surface area (Å²) in [7, 11) is -2.73. The van der Waals surface area contributed by atoms with Gasteiger partial charge in [-0.2, -0.15) is 4.31 Å². The highest BCUT2D eigenvalue weighted by Crippen LogP contribution is 2.26. The highest BCUT2D eigenvalue weighted by Gasteiger charge is 2.35. The number of hydrogen-bond acceptors (Lipinski definition) is 3. The number of benzene rings is 1. The maximum Gasteiger partial charge on any atom is 0.246 e. The predicted molar refractivity (Wildman–Crippen MR) is 67.5 cm³/mol. The van der Waals surface area contributed by atoms with E-state index in [-0.39, 0.29) is 11.6 Å². The topological polar surface area (TPSA) is 57.6 Å². The molecule has 1 N–H and O–H groups in total. The fraction of sp³-hybridized carbons (Fsp3) is 0.455. The fourth-order valence-electron chi connectivity index (χ4n) is 1.26. The Bertz CT molecular complexity index is 545. The van der Waals surface area contributed by atoms with Crippen molar-refractivity contribution in [3.63, 3.8) is 0 Å². The summed E-state index contributed by atoms with van der Waals surface area (Å²) in [5.74, 6) is -0.914. The Morgan fingerprint density at radius 1 is 1.44 bits per heavy atom. The van der Waals surface area contributed by atoms with Crippen LogP contribution in [0.15, 0.2) is 23.1 Å². The molecule has 0 spiro atoms. The van der Waals surface area contributed by atoms with Crippen LogP contribution in [0.25, 0.3) is 0 Å². The molecule has 7 heteroatoms. The first-order valence-electron chi connectivity index (χ1n) is 5.18. The van der Waals surface area contributed by atoms with E-state index < -0.39 is 26.3 Å². The summed E-state index contributed by atoms with van der Waals surface area (Å²) in [6.07, 6.45) is 0. The summed E-state index contributed by atoms with van der Waals surface area (Å²) in [6.45, 7) is 2.70. The zero-order valence-electron chi connectivity index (χ0n) is 10.3. The van der Waals surface area contributed by atoms with E-state index in [1.807, 2.05) is 0 Å². The molecule has 1 rings (SSSR count). The molecule has 0 saturated heterocycles. The van der Waals surface area contributed by atoms with Gasteiger partial charge in [0.25, 0.3) is 0 Å². The molecule has 4 nitrogen and oxygen atoms in total. The van der Waals surface area contributed by atoms with E-state index in [0.717, 1.165) is 16.4 Å². The van der Waals surface area contributed by atoms with Crippen LogP contribution in [0.4, 0.5) is 4.39 Å². The van der Waals surface area contributed by atoms with Crippen LogP contribution in [-0.4, -0.2) is 37.0 Å². The summed E-state index contributed by atoms with van der Waals surface area (Å²) < 4.78 is 39.0. The molecule has 0 saturated carbocycles. The first kappa shape index (κ1) is 15.4. The molecule has 18 heavy (non-hydrogen) atoms. The van der Waals surface area contributed by atoms with Crippen molar-refractivity contribution in [1.29, 1.82) is 0 Å². The van der Waals surface area contributed by atoms with Crippen LogP contribution < -0.4 is 0 Å². The summed E-state index contributed by atoms with van der Waals surface area (Å²) in [4.78, 5) is -0.462. The first-order valence-corrected chi connectivity index (χ1v) is 6.99. The number of aliphatic hydroxyl groups is 1. The van der Waals surface area contributed by atoms with Gasteiger partial charge in [-0.3, -0.25) is 0 Å². The van der Waals surface area contributed by atoms with Crippen LogP contribution in [0.1, 0.15) is 13.8 Å². The van der Waals surface area contributed by atoms with Gasteiger partial charge in [-0.05, 0) is 32.0 Å². The van der Waals surface area contributed by atoms with Crippen molar-refractivity contribution in [1.82, 2.24) is 4.31 Å². The summed E-state index contributed by atoms with van der Waals surface area (Å²) in [5, 5.41) is 9.29. The minimum Gasteiger partial charge on any atom is -0.394 e. The van der Waals surface area contributed by atoms with E-state index in [1.165, 1.54) is 13.1 Å². The van der Waals surface area contributed by atoms with Crippen molar-refractivity contribution in [3.05, 3.63) is 29.0 Å². The smallest absolute Gasteiger partial charge is 0.246 e. The molecule has 0 aliphatic carbocycles. The molecule has 0 heterocycles. The molecule has 0 aromatic heterocycles. The van der Waals surface area contributed by atoms with E-state index >= 15 is 0 Å². The third kappa shape index (κ3) is 2.83. The average Bonchev–Trinajstić information content (AvgIpc) is 2.27. The van der Waals surface area contributed by atoms with Crippen molar-refractivity contribution in [2.45, 2.75) is 24.3 Å². The summed E-state index contributed by atoms with van der Waals surface area (Å²) >= 11 is 5.58. The molecular formula is C11H15ClFNO3S. The Morgan fingerprint density at radius 3 is 2.44 bits per heavy atom. The van der Waals surface area contributed by atoms with Gasteiger partial charge < -0.3 is 5.11 Å². The van der Waals surface area contributed by atoms with Gasteiger partial charge in [0.15, 0.2) is 0 Å². The average molecular weight is 296 g/mol. The van der Waals surface area contributed by atoms with Gasteiger partial charge in [0.2, 0.25) is 10.0 Å². The van der Waals surface area contributed by atoms with E-state index in [2.05, 4.69) is 0 Å². The molecule has 0 atom stereocenters. The SMILES string of the molecule is CN(C(C)(C)CO)S(=O)(=O)c1ccc(Cl)cc1F. The molecule has 1 aromatic carbocycles. The molecule has 0 fully saturated rings. The van der Waals surface area contributed by atoms with Crippen LogP contribution in [0.2, 0.25) is 5.02 Å². The minimum absolute atomic E-state index is 0.121. The molecule has 0 aliphatic heterocycles. The van der Waals surface area contributed by atoms with Crippen LogP contribution in [0.3, 0.4) is 0 Å². The highest BCUT2D eigenvalue weighted by atomic mass is 35.5. The zero-order chi connectivity index (χ0) is 14.1. The van der Waals surface area contributed by atoms with Gasteiger partial charge in [0, 0.05) is 12.1 Å². The quantitative estimate of drug-likeness (QED) is 0.922. The molecule has 0 aliphatic rings. The Kier molecular flexibility index (Phi) is 4.38. The number of hydrogen-bond donors (Lipinski definition) is 1. The Labute approximate surface area is 111 Å². The minimum atomic E-state index is -4.02. The van der Waals surface area contributed by atoms with E-state index in [4.69, 9.17) is 16.7 Å². The predicted octanol–water partition coefficient (Wildman–Crippen LogP) is 1.87.